The zero-order valence-corrected chi connectivity index (χ0v) is 10.9. The lowest BCUT2D eigenvalue weighted by molar-refractivity contribution is -0.119. The molecule has 3 nitrogen and oxygen atoms in total. The highest BCUT2D eigenvalue weighted by atomic mass is 16.5. The van der Waals surface area contributed by atoms with Crippen LogP contribution >= 0.6 is 0 Å². The average Bonchev–Trinajstić information content (AvgIpc) is 2.90. The van der Waals surface area contributed by atoms with E-state index in [-0.39, 0.29) is 0 Å². The number of carbonyl (C=O) groups is 1. The standard InChI is InChI=1S/C15H20O3/c1-17-15-6-3-12(4-7-15)2-5-14(16)10-13-8-9-18-11-13/h3-4,6-7,13H,2,5,8-11H2,1H3. The summed E-state index contributed by atoms with van der Waals surface area (Å²) in [6, 6.07) is 7.91. The van der Waals surface area contributed by atoms with Crippen molar-refractivity contribution in [3.8, 4) is 5.75 Å². The summed E-state index contributed by atoms with van der Waals surface area (Å²) in [4.78, 5) is 11.8. The predicted molar refractivity (Wildman–Crippen MR) is 69.9 cm³/mol. The number of methoxy groups -OCH3 is 1. The lowest BCUT2D eigenvalue weighted by atomic mass is 9.98. The molecule has 1 aromatic carbocycles. The van der Waals surface area contributed by atoms with Crippen LogP contribution in [-0.4, -0.2) is 26.1 Å². The molecule has 0 aliphatic carbocycles. The van der Waals surface area contributed by atoms with Crippen LogP contribution in [0.2, 0.25) is 0 Å². The van der Waals surface area contributed by atoms with Crippen LogP contribution in [0.4, 0.5) is 0 Å². The molecule has 18 heavy (non-hydrogen) atoms. The van der Waals surface area contributed by atoms with Crippen LogP contribution in [-0.2, 0) is 16.0 Å². The number of ether oxygens (including phenoxy) is 2. The van der Waals surface area contributed by atoms with E-state index in [4.69, 9.17) is 9.47 Å². The van der Waals surface area contributed by atoms with E-state index < -0.39 is 0 Å². The van der Waals surface area contributed by atoms with Crippen LogP contribution in [0, 0.1) is 5.92 Å². The molecule has 0 radical (unpaired) electrons. The molecule has 1 saturated heterocycles. The van der Waals surface area contributed by atoms with Crippen molar-refractivity contribution in [2.45, 2.75) is 25.7 Å². The Morgan fingerprint density at radius 1 is 1.39 bits per heavy atom. The van der Waals surface area contributed by atoms with Crippen molar-refractivity contribution in [1.29, 1.82) is 0 Å². The number of hydrogen-bond acceptors (Lipinski definition) is 3. The quantitative estimate of drug-likeness (QED) is 0.776. The monoisotopic (exact) mass is 248 g/mol. The number of aryl methyl sites for hydroxylation is 1. The molecule has 1 heterocycles. The second-order valence-electron chi connectivity index (χ2n) is 4.82. The Labute approximate surface area is 108 Å². The summed E-state index contributed by atoms with van der Waals surface area (Å²) >= 11 is 0. The Morgan fingerprint density at radius 2 is 2.17 bits per heavy atom. The maximum Gasteiger partial charge on any atom is 0.133 e. The third kappa shape index (κ3) is 3.84. The van der Waals surface area contributed by atoms with Crippen LogP contribution in [0.3, 0.4) is 0 Å². The fourth-order valence-corrected chi connectivity index (χ4v) is 2.24. The minimum atomic E-state index is 0.348. The van der Waals surface area contributed by atoms with Crippen molar-refractivity contribution in [2.24, 2.45) is 5.92 Å². The molecular weight excluding hydrogens is 228 g/mol. The maximum absolute atomic E-state index is 11.8. The largest absolute Gasteiger partial charge is 0.497 e. The number of rotatable bonds is 6. The summed E-state index contributed by atoms with van der Waals surface area (Å²) < 4.78 is 10.4. The van der Waals surface area contributed by atoms with E-state index in [1.54, 1.807) is 7.11 Å². The van der Waals surface area contributed by atoms with Gasteiger partial charge in [0.05, 0.1) is 7.11 Å². The normalized spacial score (nSPS) is 18.8. The number of Topliss-reactive ketones (excluding diaryl/α,β-unsaturated/α-hetero) is 1. The van der Waals surface area contributed by atoms with Gasteiger partial charge < -0.3 is 9.47 Å². The summed E-state index contributed by atoms with van der Waals surface area (Å²) in [5.41, 5.74) is 1.19. The smallest absolute Gasteiger partial charge is 0.133 e. The first-order valence-electron chi connectivity index (χ1n) is 6.50. The van der Waals surface area contributed by atoms with Crippen LogP contribution in [0.5, 0.6) is 5.75 Å². The van der Waals surface area contributed by atoms with Crippen molar-refractivity contribution >= 4 is 5.78 Å². The fourth-order valence-electron chi connectivity index (χ4n) is 2.24. The summed E-state index contributed by atoms with van der Waals surface area (Å²) in [6.07, 6.45) is 3.16. The Kier molecular flexibility index (Phi) is 4.76. The van der Waals surface area contributed by atoms with E-state index >= 15 is 0 Å². The molecule has 1 unspecified atom stereocenters. The van der Waals surface area contributed by atoms with Gasteiger partial charge in [0.2, 0.25) is 0 Å². The first kappa shape index (κ1) is 13.1. The summed E-state index contributed by atoms with van der Waals surface area (Å²) in [6.45, 7) is 1.57. The minimum absolute atomic E-state index is 0.348. The SMILES string of the molecule is COc1ccc(CCC(=O)CC2CCOC2)cc1. The second-order valence-corrected chi connectivity index (χ2v) is 4.82. The van der Waals surface area contributed by atoms with Crippen LogP contribution in [0.1, 0.15) is 24.8 Å². The van der Waals surface area contributed by atoms with Gasteiger partial charge in [0, 0.05) is 26.1 Å². The molecule has 1 aliphatic rings. The second kappa shape index (κ2) is 6.55. The van der Waals surface area contributed by atoms with Gasteiger partial charge in [0.15, 0.2) is 0 Å². The molecule has 0 N–H and O–H groups in total. The lowest BCUT2D eigenvalue weighted by Crippen LogP contribution is -2.09. The zero-order valence-electron chi connectivity index (χ0n) is 10.9. The van der Waals surface area contributed by atoms with Gasteiger partial charge >= 0.3 is 0 Å². The highest BCUT2D eigenvalue weighted by Gasteiger charge is 2.18. The Hall–Kier alpha value is -1.35. The van der Waals surface area contributed by atoms with Crippen LogP contribution in [0.25, 0.3) is 0 Å². The lowest BCUT2D eigenvalue weighted by Gasteiger charge is -2.06. The van der Waals surface area contributed by atoms with Crippen LogP contribution in [0.15, 0.2) is 24.3 Å². The van der Waals surface area contributed by atoms with Gasteiger partial charge in [0.25, 0.3) is 0 Å². The Balaban J connectivity index is 1.74. The van der Waals surface area contributed by atoms with Gasteiger partial charge in [-0.3, -0.25) is 4.79 Å². The highest BCUT2D eigenvalue weighted by molar-refractivity contribution is 5.78. The number of carbonyl (C=O) groups excluding carboxylic acids is 1. The fraction of sp³-hybridized carbons (Fsp3) is 0.533. The Morgan fingerprint density at radius 3 is 2.78 bits per heavy atom. The molecule has 98 valence electrons. The Bertz CT molecular complexity index is 377. The van der Waals surface area contributed by atoms with Crippen molar-refractivity contribution < 1.29 is 14.3 Å². The molecule has 1 fully saturated rings. The van der Waals surface area contributed by atoms with Crippen molar-refractivity contribution in [3.63, 3.8) is 0 Å². The summed E-state index contributed by atoms with van der Waals surface area (Å²) in [5.74, 6) is 1.66. The van der Waals surface area contributed by atoms with Gasteiger partial charge in [-0.25, -0.2) is 0 Å². The number of ketones is 1. The summed E-state index contributed by atoms with van der Waals surface area (Å²) in [7, 11) is 1.65. The maximum atomic E-state index is 11.8. The third-order valence-electron chi connectivity index (χ3n) is 3.39. The van der Waals surface area contributed by atoms with E-state index in [1.165, 1.54) is 5.56 Å². The molecule has 0 aromatic heterocycles. The number of benzene rings is 1. The topological polar surface area (TPSA) is 35.5 Å². The van der Waals surface area contributed by atoms with E-state index in [0.717, 1.165) is 31.8 Å². The van der Waals surface area contributed by atoms with Crippen molar-refractivity contribution in [3.05, 3.63) is 29.8 Å². The van der Waals surface area contributed by atoms with Gasteiger partial charge in [-0.1, -0.05) is 12.1 Å². The van der Waals surface area contributed by atoms with E-state index in [1.807, 2.05) is 24.3 Å². The zero-order chi connectivity index (χ0) is 12.8. The molecule has 0 bridgehead atoms. The molecule has 2 rings (SSSR count). The molecule has 3 heteroatoms. The molecular formula is C15H20O3. The van der Waals surface area contributed by atoms with Crippen molar-refractivity contribution in [1.82, 2.24) is 0 Å². The van der Waals surface area contributed by atoms with Gasteiger partial charge in [0.1, 0.15) is 11.5 Å². The molecule has 1 aromatic rings. The highest BCUT2D eigenvalue weighted by Crippen LogP contribution is 2.18. The molecule has 1 aliphatic heterocycles. The van der Waals surface area contributed by atoms with E-state index in [2.05, 4.69) is 0 Å². The van der Waals surface area contributed by atoms with Crippen LogP contribution < -0.4 is 4.74 Å². The minimum Gasteiger partial charge on any atom is -0.497 e. The third-order valence-corrected chi connectivity index (χ3v) is 3.39. The van der Waals surface area contributed by atoms with E-state index in [0.29, 0.717) is 24.5 Å². The van der Waals surface area contributed by atoms with E-state index in [9.17, 15) is 4.79 Å². The molecule has 1 atom stereocenters. The van der Waals surface area contributed by atoms with Gasteiger partial charge in [-0.2, -0.15) is 0 Å². The number of hydrogen-bond donors (Lipinski definition) is 0. The average molecular weight is 248 g/mol. The van der Waals surface area contributed by atoms with Gasteiger partial charge in [-0.05, 0) is 36.5 Å². The summed E-state index contributed by atoms with van der Waals surface area (Å²) in [5, 5.41) is 0. The molecule has 0 saturated carbocycles. The van der Waals surface area contributed by atoms with Crippen molar-refractivity contribution in [2.75, 3.05) is 20.3 Å². The first-order chi connectivity index (χ1) is 8.78. The molecule has 0 amide bonds. The molecule has 0 spiro atoms. The first-order valence-corrected chi connectivity index (χ1v) is 6.50. The predicted octanol–water partition coefficient (Wildman–Crippen LogP) is 2.62. The van der Waals surface area contributed by atoms with Gasteiger partial charge in [-0.15, -0.1) is 0 Å².